The number of anilines is 3. The quantitative estimate of drug-likeness (QED) is 0.526. The number of ether oxygens (including phenoxy) is 1. The van der Waals surface area contributed by atoms with Crippen LogP contribution in [-0.2, 0) is 22.0 Å². The van der Waals surface area contributed by atoms with E-state index >= 15 is 0 Å². The van der Waals surface area contributed by atoms with E-state index in [9.17, 15) is 17.6 Å². The molecule has 0 spiro atoms. The van der Waals surface area contributed by atoms with Crippen molar-refractivity contribution in [2.24, 2.45) is 7.05 Å². The van der Waals surface area contributed by atoms with Crippen molar-refractivity contribution >= 4 is 49.8 Å². The lowest BCUT2D eigenvalue weighted by atomic mass is 10.1. The van der Waals surface area contributed by atoms with Crippen LogP contribution in [0.25, 0.3) is 10.9 Å². The highest BCUT2D eigenvalue weighted by molar-refractivity contribution is 7.90. The summed E-state index contributed by atoms with van der Waals surface area (Å²) in [6.45, 7) is 2.32. The minimum atomic E-state index is -3.90. The van der Waals surface area contributed by atoms with Gasteiger partial charge in [-0.1, -0.05) is 11.6 Å². The van der Waals surface area contributed by atoms with Gasteiger partial charge in [0, 0.05) is 32.9 Å². The van der Waals surface area contributed by atoms with Crippen molar-refractivity contribution in [3.05, 3.63) is 57.3 Å². The fourth-order valence-electron chi connectivity index (χ4n) is 3.98. The molecule has 0 amide bonds. The predicted molar refractivity (Wildman–Crippen MR) is 131 cm³/mol. The van der Waals surface area contributed by atoms with Gasteiger partial charge in [0.05, 0.1) is 39.7 Å². The highest BCUT2D eigenvalue weighted by atomic mass is 35.5. The van der Waals surface area contributed by atoms with Crippen molar-refractivity contribution in [3.8, 4) is 0 Å². The first kappa shape index (κ1) is 24.4. The molecule has 1 aromatic heterocycles. The van der Waals surface area contributed by atoms with Crippen molar-refractivity contribution in [1.29, 1.82) is 0 Å². The highest BCUT2D eigenvalue weighted by Crippen LogP contribution is 2.37. The Hall–Kier alpha value is -2.73. The summed E-state index contributed by atoms with van der Waals surface area (Å²) in [7, 11) is -0.701. The van der Waals surface area contributed by atoms with E-state index in [0.717, 1.165) is 6.07 Å². The molecule has 0 radical (unpaired) electrons. The predicted octanol–water partition coefficient (Wildman–Crippen LogP) is 3.55. The summed E-state index contributed by atoms with van der Waals surface area (Å²) in [6.07, 6.45) is 2.61. The van der Waals surface area contributed by atoms with Crippen LogP contribution >= 0.6 is 11.6 Å². The average Bonchev–Trinajstić information content (AvgIpc) is 2.82. The Kier molecular flexibility index (Phi) is 6.81. The molecule has 2 N–H and O–H groups in total. The van der Waals surface area contributed by atoms with Crippen molar-refractivity contribution in [2.75, 3.05) is 30.2 Å². The van der Waals surface area contributed by atoms with Crippen LogP contribution in [0.15, 0.2) is 35.4 Å². The first-order valence-corrected chi connectivity index (χ1v) is 12.4. The zero-order valence-electron chi connectivity index (χ0n) is 18.9. The lowest BCUT2D eigenvalue weighted by Crippen LogP contribution is -2.43. The number of aromatic nitrogens is 2. The van der Waals surface area contributed by atoms with Crippen molar-refractivity contribution in [2.45, 2.75) is 25.9 Å². The van der Waals surface area contributed by atoms with Crippen LogP contribution in [0.4, 0.5) is 21.5 Å². The van der Waals surface area contributed by atoms with Gasteiger partial charge in [-0.2, -0.15) is 12.7 Å². The van der Waals surface area contributed by atoms with E-state index in [0.29, 0.717) is 48.1 Å². The molecular formula is C22H25ClFN5O4S. The minimum absolute atomic E-state index is 0.0221. The average molecular weight is 510 g/mol. The summed E-state index contributed by atoms with van der Waals surface area (Å²) in [5, 5.41) is 3.18. The molecule has 34 heavy (non-hydrogen) atoms. The van der Waals surface area contributed by atoms with E-state index in [-0.39, 0.29) is 28.1 Å². The fraction of sp³-hybridized carbons (Fsp3) is 0.364. The molecule has 0 unspecified atom stereocenters. The molecule has 12 heteroatoms. The first-order chi connectivity index (χ1) is 16.1. The number of piperidine rings is 1. The second kappa shape index (κ2) is 9.49. The van der Waals surface area contributed by atoms with Gasteiger partial charge in [-0.3, -0.25) is 9.52 Å². The molecule has 9 nitrogen and oxygen atoms in total. The Morgan fingerprint density at radius 2 is 1.85 bits per heavy atom. The summed E-state index contributed by atoms with van der Waals surface area (Å²) >= 11 is 6.44. The molecule has 3 aromatic rings. The number of benzene rings is 2. The molecule has 0 saturated carbocycles. The number of rotatable bonds is 6. The van der Waals surface area contributed by atoms with Crippen LogP contribution in [0, 0.1) is 12.7 Å². The van der Waals surface area contributed by atoms with E-state index in [1.54, 1.807) is 33.2 Å². The van der Waals surface area contributed by atoms with Gasteiger partial charge in [0.25, 0.3) is 5.56 Å². The maximum atomic E-state index is 14.7. The Bertz CT molecular complexity index is 1400. The van der Waals surface area contributed by atoms with Crippen LogP contribution < -0.4 is 15.6 Å². The van der Waals surface area contributed by atoms with E-state index in [2.05, 4.69) is 15.0 Å². The maximum absolute atomic E-state index is 14.7. The molecule has 0 atom stereocenters. The van der Waals surface area contributed by atoms with Gasteiger partial charge in [-0.15, -0.1) is 0 Å². The third-order valence-electron chi connectivity index (χ3n) is 6.01. The Morgan fingerprint density at radius 1 is 1.18 bits per heavy atom. The lowest BCUT2D eigenvalue weighted by molar-refractivity contribution is 0.0606. The van der Waals surface area contributed by atoms with Gasteiger partial charge >= 0.3 is 10.2 Å². The maximum Gasteiger partial charge on any atom is 0.301 e. The van der Waals surface area contributed by atoms with Gasteiger partial charge in [0.2, 0.25) is 0 Å². The van der Waals surface area contributed by atoms with Crippen molar-refractivity contribution < 1.29 is 17.5 Å². The van der Waals surface area contributed by atoms with Gasteiger partial charge in [0.15, 0.2) is 0 Å². The molecular weight excluding hydrogens is 485 g/mol. The molecule has 4 rings (SSSR count). The number of aryl methyl sites for hydroxylation is 2. The van der Waals surface area contributed by atoms with E-state index < -0.39 is 16.0 Å². The number of methoxy groups -OCH3 is 1. The highest BCUT2D eigenvalue weighted by Gasteiger charge is 2.29. The summed E-state index contributed by atoms with van der Waals surface area (Å²) < 4.78 is 50.9. The van der Waals surface area contributed by atoms with Crippen molar-refractivity contribution in [1.82, 2.24) is 13.9 Å². The molecule has 2 aromatic carbocycles. The van der Waals surface area contributed by atoms with Gasteiger partial charge in [-0.05, 0) is 49.6 Å². The number of hydrogen-bond donors (Lipinski definition) is 2. The number of nitrogens with one attached hydrogen (secondary N) is 2. The van der Waals surface area contributed by atoms with Crippen LogP contribution in [0.5, 0.6) is 0 Å². The first-order valence-electron chi connectivity index (χ1n) is 10.6. The van der Waals surface area contributed by atoms with E-state index in [4.69, 9.17) is 16.3 Å². The molecule has 0 bridgehead atoms. The van der Waals surface area contributed by atoms with Gasteiger partial charge in [-0.25, -0.2) is 9.37 Å². The lowest BCUT2D eigenvalue weighted by Gasteiger charge is -2.30. The second-order valence-corrected chi connectivity index (χ2v) is 10.2. The zero-order valence-corrected chi connectivity index (χ0v) is 20.5. The van der Waals surface area contributed by atoms with Crippen LogP contribution in [0.2, 0.25) is 5.02 Å². The van der Waals surface area contributed by atoms with Gasteiger partial charge < -0.3 is 14.6 Å². The second-order valence-electron chi connectivity index (χ2n) is 8.14. The summed E-state index contributed by atoms with van der Waals surface area (Å²) in [5.41, 5.74) is 1.21. The smallest absolute Gasteiger partial charge is 0.301 e. The van der Waals surface area contributed by atoms with Crippen LogP contribution in [0.1, 0.15) is 18.4 Å². The molecule has 182 valence electrons. The molecule has 0 aliphatic carbocycles. The summed E-state index contributed by atoms with van der Waals surface area (Å²) in [5.74, 6) is -0.674. The molecule has 1 aliphatic rings. The van der Waals surface area contributed by atoms with E-state index in [1.165, 1.54) is 21.3 Å². The number of nitrogens with zero attached hydrogens (tertiary/aromatic N) is 3. The summed E-state index contributed by atoms with van der Waals surface area (Å²) in [6, 6.07) is 5.71. The standard InChI is InChI=1S/C22H25ClFN5O4S/c1-13-16(6-7-17-19(13)22(30)28(2)12-25-17)26-21-15(24)4-5-18(20(21)23)27-34(31,32)29-10-8-14(33-3)9-11-29/h4-7,12,14,26-27H,8-11H2,1-3H3. The minimum Gasteiger partial charge on any atom is -0.381 e. The molecule has 2 heterocycles. The van der Waals surface area contributed by atoms with E-state index in [1.807, 2.05) is 0 Å². The Labute approximate surface area is 201 Å². The Morgan fingerprint density at radius 3 is 2.53 bits per heavy atom. The van der Waals surface area contributed by atoms with Crippen LogP contribution in [0.3, 0.4) is 0 Å². The van der Waals surface area contributed by atoms with Crippen molar-refractivity contribution in [3.63, 3.8) is 0 Å². The fourth-order valence-corrected chi connectivity index (χ4v) is 5.55. The molecule has 1 saturated heterocycles. The van der Waals surface area contributed by atoms with Crippen LogP contribution in [-0.4, -0.2) is 48.6 Å². The monoisotopic (exact) mass is 509 g/mol. The largest absolute Gasteiger partial charge is 0.381 e. The number of fused-ring (bicyclic) bond motifs is 1. The van der Waals surface area contributed by atoms with Gasteiger partial charge in [0.1, 0.15) is 5.82 Å². The third kappa shape index (κ3) is 4.61. The third-order valence-corrected chi connectivity index (χ3v) is 7.93. The summed E-state index contributed by atoms with van der Waals surface area (Å²) in [4.78, 5) is 16.8. The Balaban J connectivity index is 1.65. The number of hydrogen-bond acceptors (Lipinski definition) is 6. The molecule has 1 fully saturated rings. The number of halogens is 2. The molecule has 1 aliphatic heterocycles. The normalized spacial score (nSPS) is 15.6. The SMILES string of the molecule is COC1CCN(S(=O)(=O)Nc2ccc(F)c(Nc3ccc4ncn(C)c(=O)c4c3C)c2Cl)CC1. The zero-order chi connectivity index (χ0) is 24.6. The topological polar surface area (TPSA) is 106 Å².